The standard InChI is InChI=1S/C18H19N5O2/c1-12-20-17(19-11-16-4-3-9-25-16)10-18(21-12)23-15-7-5-14(6-8-15)22-13(2)24/h3-10H,11H2,1-2H3,(H,22,24)(H2,19,20,21,23). The zero-order chi connectivity index (χ0) is 17.6. The summed E-state index contributed by atoms with van der Waals surface area (Å²) in [4.78, 5) is 19.8. The first-order valence-electron chi connectivity index (χ1n) is 7.85. The molecule has 1 aromatic carbocycles. The average Bonchev–Trinajstić information content (AvgIpc) is 3.07. The summed E-state index contributed by atoms with van der Waals surface area (Å²) in [6.07, 6.45) is 1.64. The molecular weight excluding hydrogens is 318 g/mol. The summed E-state index contributed by atoms with van der Waals surface area (Å²) < 4.78 is 5.30. The maximum atomic E-state index is 11.1. The summed E-state index contributed by atoms with van der Waals surface area (Å²) in [6, 6.07) is 13.0. The predicted molar refractivity (Wildman–Crippen MR) is 96.8 cm³/mol. The first-order valence-corrected chi connectivity index (χ1v) is 7.85. The van der Waals surface area contributed by atoms with Crippen molar-refractivity contribution < 1.29 is 9.21 Å². The molecule has 0 aliphatic rings. The number of nitrogens with one attached hydrogen (secondary N) is 3. The van der Waals surface area contributed by atoms with Crippen LogP contribution in [-0.2, 0) is 11.3 Å². The van der Waals surface area contributed by atoms with Crippen molar-refractivity contribution in [1.29, 1.82) is 0 Å². The molecule has 1 amide bonds. The van der Waals surface area contributed by atoms with Crippen LogP contribution >= 0.6 is 0 Å². The SMILES string of the molecule is CC(=O)Nc1ccc(Nc2cc(NCc3ccco3)nc(C)n2)cc1. The Morgan fingerprint density at radius 3 is 2.48 bits per heavy atom. The van der Waals surface area contributed by atoms with E-state index in [1.54, 1.807) is 6.26 Å². The summed E-state index contributed by atoms with van der Waals surface area (Å²) >= 11 is 0. The highest BCUT2D eigenvalue weighted by atomic mass is 16.3. The van der Waals surface area contributed by atoms with Crippen LogP contribution in [0.3, 0.4) is 0 Å². The van der Waals surface area contributed by atoms with Crippen molar-refractivity contribution in [2.24, 2.45) is 0 Å². The van der Waals surface area contributed by atoms with Gasteiger partial charge in [-0.1, -0.05) is 0 Å². The van der Waals surface area contributed by atoms with Crippen LogP contribution < -0.4 is 16.0 Å². The minimum absolute atomic E-state index is 0.0978. The predicted octanol–water partition coefficient (Wildman–Crippen LogP) is 3.69. The molecule has 25 heavy (non-hydrogen) atoms. The minimum atomic E-state index is -0.0978. The van der Waals surface area contributed by atoms with Gasteiger partial charge in [-0.05, 0) is 43.3 Å². The van der Waals surface area contributed by atoms with E-state index in [0.717, 1.165) is 17.1 Å². The average molecular weight is 337 g/mol. The maximum absolute atomic E-state index is 11.1. The van der Waals surface area contributed by atoms with Gasteiger partial charge < -0.3 is 20.4 Å². The highest BCUT2D eigenvalue weighted by Gasteiger charge is 2.04. The molecule has 0 fully saturated rings. The second-order valence-corrected chi connectivity index (χ2v) is 5.50. The summed E-state index contributed by atoms with van der Waals surface area (Å²) in [7, 11) is 0. The molecule has 3 rings (SSSR count). The lowest BCUT2D eigenvalue weighted by Crippen LogP contribution is -2.06. The normalized spacial score (nSPS) is 10.3. The molecule has 3 aromatic rings. The lowest BCUT2D eigenvalue weighted by atomic mass is 10.2. The maximum Gasteiger partial charge on any atom is 0.221 e. The minimum Gasteiger partial charge on any atom is -0.467 e. The van der Waals surface area contributed by atoms with Crippen LogP contribution in [0.4, 0.5) is 23.0 Å². The van der Waals surface area contributed by atoms with Gasteiger partial charge in [-0.15, -0.1) is 0 Å². The number of hydrogen-bond acceptors (Lipinski definition) is 6. The van der Waals surface area contributed by atoms with Crippen molar-refractivity contribution in [2.75, 3.05) is 16.0 Å². The molecule has 128 valence electrons. The highest BCUT2D eigenvalue weighted by molar-refractivity contribution is 5.88. The van der Waals surface area contributed by atoms with E-state index in [9.17, 15) is 4.79 Å². The summed E-state index contributed by atoms with van der Waals surface area (Å²) in [5, 5.41) is 9.18. The van der Waals surface area contributed by atoms with Crippen LogP contribution in [-0.4, -0.2) is 15.9 Å². The summed E-state index contributed by atoms with van der Waals surface area (Å²) in [5.74, 6) is 2.78. The van der Waals surface area contributed by atoms with Crippen LogP contribution in [0.5, 0.6) is 0 Å². The third kappa shape index (κ3) is 4.81. The van der Waals surface area contributed by atoms with Gasteiger partial charge in [0.1, 0.15) is 23.2 Å². The Bertz CT molecular complexity index is 844. The highest BCUT2D eigenvalue weighted by Crippen LogP contribution is 2.20. The molecule has 0 saturated carbocycles. The Kier molecular flexibility index (Phi) is 4.94. The van der Waals surface area contributed by atoms with E-state index in [1.807, 2.05) is 49.4 Å². The first kappa shape index (κ1) is 16.5. The monoisotopic (exact) mass is 337 g/mol. The number of amides is 1. The number of aryl methyl sites for hydroxylation is 1. The van der Waals surface area contributed by atoms with Crippen molar-refractivity contribution in [1.82, 2.24) is 9.97 Å². The van der Waals surface area contributed by atoms with E-state index in [2.05, 4.69) is 25.9 Å². The molecule has 2 aromatic heterocycles. The molecule has 7 heteroatoms. The molecule has 0 atom stereocenters. The lowest BCUT2D eigenvalue weighted by Gasteiger charge is -2.10. The van der Waals surface area contributed by atoms with Gasteiger partial charge in [0.15, 0.2) is 0 Å². The Morgan fingerprint density at radius 2 is 1.80 bits per heavy atom. The molecule has 0 saturated heterocycles. The van der Waals surface area contributed by atoms with Crippen LogP contribution in [0, 0.1) is 6.92 Å². The van der Waals surface area contributed by atoms with Crippen molar-refractivity contribution in [3.8, 4) is 0 Å². The third-order valence-electron chi connectivity index (χ3n) is 3.34. The Hall–Kier alpha value is -3.35. The van der Waals surface area contributed by atoms with E-state index < -0.39 is 0 Å². The van der Waals surface area contributed by atoms with E-state index in [1.165, 1.54) is 6.92 Å². The van der Waals surface area contributed by atoms with Crippen LogP contribution in [0.1, 0.15) is 18.5 Å². The van der Waals surface area contributed by atoms with Gasteiger partial charge in [0, 0.05) is 24.4 Å². The van der Waals surface area contributed by atoms with Crippen molar-refractivity contribution in [3.63, 3.8) is 0 Å². The Morgan fingerprint density at radius 1 is 1.08 bits per heavy atom. The molecule has 0 bridgehead atoms. The third-order valence-corrected chi connectivity index (χ3v) is 3.34. The fraction of sp³-hybridized carbons (Fsp3) is 0.167. The molecule has 7 nitrogen and oxygen atoms in total. The van der Waals surface area contributed by atoms with Gasteiger partial charge in [-0.25, -0.2) is 9.97 Å². The topological polar surface area (TPSA) is 92.1 Å². The van der Waals surface area contributed by atoms with Crippen LogP contribution in [0.25, 0.3) is 0 Å². The second kappa shape index (κ2) is 7.48. The Balaban J connectivity index is 1.68. The largest absolute Gasteiger partial charge is 0.467 e. The van der Waals surface area contributed by atoms with Crippen molar-refractivity contribution in [2.45, 2.75) is 20.4 Å². The smallest absolute Gasteiger partial charge is 0.221 e. The molecule has 0 aliphatic heterocycles. The number of aromatic nitrogens is 2. The zero-order valence-electron chi connectivity index (χ0n) is 14.0. The van der Waals surface area contributed by atoms with E-state index in [4.69, 9.17) is 4.42 Å². The molecular formula is C18H19N5O2. The number of benzene rings is 1. The van der Waals surface area contributed by atoms with Gasteiger partial charge in [0.25, 0.3) is 0 Å². The number of hydrogen-bond donors (Lipinski definition) is 3. The molecule has 3 N–H and O–H groups in total. The fourth-order valence-corrected chi connectivity index (χ4v) is 2.30. The molecule has 0 spiro atoms. The molecule has 2 heterocycles. The fourth-order valence-electron chi connectivity index (χ4n) is 2.30. The molecule has 0 aliphatic carbocycles. The number of furan rings is 1. The van der Waals surface area contributed by atoms with E-state index in [-0.39, 0.29) is 5.91 Å². The van der Waals surface area contributed by atoms with E-state index in [0.29, 0.717) is 24.0 Å². The number of anilines is 4. The van der Waals surface area contributed by atoms with Crippen molar-refractivity contribution >= 4 is 28.9 Å². The number of carbonyl (C=O) groups is 1. The van der Waals surface area contributed by atoms with Gasteiger partial charge >= 0.3 is 0 Å². The van der Waals surface area contributed by atoms with Gasteiger partial charge in [-0.2, -0.15) is 0 Å². The summed E-state index contributed by atoms with van der Waals surface area (Å²) in [5.41, 5.74) is 1.61. The molecule has 0 unspecified atom stereocenters. The molecule has 0 radical (unpaired) electrons. The first-order chi connectivity index (χ1) is 12.1. The zero-order valence-corrected chi connectivity index (χ0v) is 14.0. The quantitative estimate of drug-likeness (QED) is 0.635. The van der Waals surface area contributed by atoms with Crippen LogP contribution in [0.15, 0.2) is 53.1 Å². The van der Waals surface area contributed by atoms with Crippen molar-refractivity contribution in [3.05, 3.63) is 60.3 Å². The summed E-state index contributed by atoms with van der Waals surface area (Å²) in [6.45, 7) is 3.87. The number of carbonyl (C=O) groups excluding carboxylic acids is 1. The number of nitrogens with zero attached hydrogens (tertiary/aromatic N) is 2. The van der Waals surface area contributed by atoms with Gasteiger partial charge in [0.2, 0.25) is 5.91 Å². The van der Waals surface area contributed by atoms with Gasteiger partial charge in [-0.3, -0.25) is 4.79 Å². The van der Waals surface area contributed by atoms with Crippen LogP contribution in [0.2, 0.25) is 0 Å². The van der Waals surface area contributed by atoms with Gasteiger partial charge in [0.05, 0.1) is 12.8 Å². The number of rotatable bonds is 6. The second-order valence-electron chi connectivity index (χ2n) is 5.50. The Labute approximate surface area is 145 Å². The van der Waals surface area contributed by atoms with E-state index >= 15 is 0 Å². The lowest BCUT2D eigenvalue weighted by molar-refractivity contribution is -0.114.